The van der Waals surface area contributed by atoms with Gasteiger partial charge in [0.15, 0.2) is 0 Å². The van der Waals surface area contributed by atoms with E-state index in [4.69, 9.17) is 24.7 Å². The second-order valence-electron chi connectivity index (χ2n) is 9.46. The molecular weight excluding hydrogens is 553 g/mol. The smallest absolute Gasteiger partial charge is 0.324 e. The Balaban J connectivity index is 3.88. The van der Waals surface area contributed by atoms with Crippen molar-refractivity contribution in [3.63, 3.8) is 0 Å². The first-order valence-corrected chi connectivity index (χ1v) is 26.0. The zero-order chi connectivity index (χ0) is 27.3. The Kier molecular flexibility index (Phi) is 14.7. The van der Waals surface area contributed by atoms with Crippen LogP contribution < -0.4 is 0 Å². The standard InChI is InChI=1S/C24H52O6Si6/c1-11-21-33(17-7)26-31-25-32(15-5,16-6)27-34(18-8,22-12-2)29-36(20-10,24-14-4)30-35(19-9,28-33)23-13-3/h11-14H,1-4,15-24,31H2,5-10H3. The van der Waals surface area contributed by atoms with Gasteiger partial charge in [0.1, 0.15) is 0 Å². The van der Waals surface area contributed by atoms with Gasteiger partial charge in [0.2, 0.25) is 0 Å². The highest BCUT2D eigenvalue weighted by Crippen LogP contribution is 2.40. The highest BCUT2D eigenvalue weighted by molar-refractivity contribution is 6.93. The monoisotopic (exact) mass is 604 g/mol. The quantitative estimate of drug-likeness (QED) is 0.155. The maximum atomic E-state index is 7.34. The Bertz CT molecular complexity index is 725. The van der Waals surface area contributed by atoms with Crippen molar-refractivity contribution in [2.24, 2.45) is 0 Å². The van der Waals surface area contributed by atoms with E-state index in [1.165, 1.54) is 0 Å². The predicted molar refractivity (Wildman–Crippen MR) is 167 cm³/mol. The van der Waals surface area contributed by atoms with Crippen molar-refractivity contribution in [2.45, 2.75) is 102 Å². The molecule has 0 N–H and O–H groups in total. The topological polar surface area (TPSA) is 55.4 Å². The summed E-state index contributed by atoms with van der Waals surface area (Å²) in [6.45, 7) is 29.3. The molecule has 0 radical (unpaired) electrons. The lowest BCUT2D eigenvalue weighted by Crippen LogP contribution is -2.66. The molecular formula is C24H52O6Si6. The van der Waals surface area contributed by atoms with Crippen LogP contribution in [0.4, 0.5) is 0 Å². The minimum absolute atomic E-state index is 0.680. The SMILES string of the molecule is C=CC[Si]1(CC)O[SiH2]O[Si](CC)(CC)O[Si](CC)(CC=C)O[Si](CC)(CC=C)O[Si](CC)(CC=C)O1. The van der Waals surface area contributed by atoms with Crippen molar-refractivity contribution in [2.75, 3.05) is 0 Å². The molecule has 0 aromatic rings. The Morgan fingerprint density at radius 1 is 0.444 bits per heavy atom. The van der Waals surface area contributed by atoms with E-state index in [1.54, 1.807) is 0 Å². The normalized spacial score (nSPS) is 34.3. The van der Waals surface area contributed by atoms with Crippen LogP contribution in [-0.2, 0) is 24.7 Å². The molecule has 1 fully saturated rings. The third-order valence-corrected chi connectivity index (χ3v) is 34.3. The van der Waals surface area contributed by atoms with Gasteiger partial charge in [-0.05, 0) is 36.3 Å². The third-order valence-electron chi connectivity index (χ3n) is 7.19. The van der Waals surface area contributed by atoms with Gasteiger partial charge in [0.25, 0.3) is 10.0 Å². The lowest BCUT2D eigenvalue weighted by Gasteiger charge is -2.49. The number of hydrogen-bond donors (Lipinski definition) is 0. The van der Waals surface area contributed by atoms with Gasteiger partial charge in [-0.3, -0.25) is 0 Å². The largest absolute Gasteiger partial charge is 0.420 e. The van der Waals surface area contributed by atoms with Crippen LogP contribution in [0, 0.1) is 0 Å². The molecule has 0 spiro atoms. The number of allylic oxidation sites excluding steroid dienone is 4. The van der Waals surface area contributed by atoms with Gasteiger partial charge in [-0.25, -0.2) is 0 Å². The van der Waals surface area contributed by atoms with Crippen molar-refractivity contribution >= 4 is 52.8 Å². The molecule has 0 aromatic carbocycles. The van der Waals surface area contributed by atoms with E-state index in [0.717, 1.165) is 36.3 Å². The molecule has 1 aliphatic rings. The Labute approximate surface area is 229 Å². The molecule has 208 valence electrons. The first-order chi connectivity index (χ1) is 17.1. The van der Waals surface area contributed by atoms with Gasteiger partial charge in [-0.1, -0.05) is 65.8 Å². The minimum Gasteiger partial charge on any atom is -0.420 e. The van der Waals surface area contributed by atoms with Crippen molar-refractivity contribution in [1.29, 1.82) is 0 Å². The van der Waals surface area contributed by atoms with E-state index in [2.05, 4.69) is 67.9 Å². The summed E-state index contributed by atoms with van der Waals surface area (Å²) in [5.74, 6) is 0. The zero-order valence-electron chi connectivity index (χ0n) is 23.9. The van der Waals surface area contributed by atoms with E-state index in [-0.39, 0.29) is 0 Å². The Morgan fingerprint density at radius 3 is 1.00 bits per heavy atom. The molecule has 36 heavy (non-hydrogen) atoms. The van der Waals surface area contributed by atoms with Crippen LogP contribution in [0.1, 0.15) is 41.5 Å². The highest BCUT2D eigenvalue weighted by atomic mass is 28.5. The average molecular weight is 605 g/mol. The van der Waals surface area contributed by atoms with Crippen LogP contribution in [0.5, 0.6) is 0 Å². The van der Waals surface area contributed by atoms with Crippen LogP contribution in [0.25, 0.3) is 0 Å². The third kappa shape index (κ3) is 8.51. The first kappa shape index (κ1) is 34.0. The molecule has 4 atom stereocenters. The molecule has 1 rings (SSSR count). The molecule has 6 nitrogen and oxygen atoms in total. The lowest BCUT2D eigenvalue weighted by molar-refractivity contribution is 0.233. The summed E-state index contributed by atoms with van der Waals surface area (Å²) in [7, 11) is -14.9. The van der Waals surface area contributed by atoms with Crippen LogP contribution in [0.15, 0.2) is 50.6 Å². The van der Waals surface area contributed by atoms with Gasteiger partial charge >= 0.3 is 42.8 Å². The average Bonchev–Trinajstić information content (AvgIpc) is 2.87. The van der Waals surface area contributed by atoms with Crippen molar-refractivity contribution in [3.8, 4) is 0 Å². The molecule has 0 aliphatic carbocycles. The molecule has 4 unspecified atom stereocenters. The molecule has 1 aliphatic heterocycles. The molecule has 1 heterocycles. The molecule has 1 saturated heterocycles. The Hall–Kier alpha value is 0.0213. The van der Waals surface area contributed by atoms with Crippen LogP contribution in [-0.4, -0.2) is 52.8 Å². The maximum Gasteiger partial charge on any atom is 0.324 e. The summed E-state index contributed by atoms with van der Waals surface area (Å²) in [6.07, 6.45) is 7.78. The molecule has 12 heteroatoms. The van der Waals surface area contributed by atoms with E-state index in [1.807, 2.05) is 24.3 Å². The fourth-order valence-electron chi connectivity index (χ4n) is 4.73. The number of rotatable bonds is 14. The summed E-state index contributed by atoms with van der Waals surface area (Å²) in [5, 5.41) is 0. The fraction of sp³-hybridized carbons (Fsp3) is 0.667. The molecule has 0 bridgehead atoms. The van der Waals surface area contributed by atoms with Gasteiger partial charge in [-0.2, -0.15) is 0 Å². The van der Waals surface area contributed by atoms with E-state index in [9.17, 15) is 0 Å². The lowest BCUT2D eigenvalue weighted by atomic mass is 10.8. The summed E-state index contributed by atoms with van der Waals surface area (Å²) in [6, 6.07) is 7.67. The zero-order valence-corrected chi connectivity index (χ0v) is 30.3. The summed E-state index contributed by atoms with van der Waals surface area (Å²) in [4.78, 5) is 0. The van der Waals surface area contributed by atoms with Crippen LogP contribution >= 0.6 is 0 Å². The second kappa shape index (κ2) is 15.6. The van der Waals surface area contributed by atoms with Crippen molar-refractivity contribution in [1.82, 2.24) is 0 Å². The molecule has 0 saturated carbocycles. The molecule has 0 amide bonds. The maximum absolute atomic E-state index is 7.34. The fourth-order valence-corrected chi connectivity index (χ4v) is 35.1. The summed E-state index contributed by atoms with van der Waals surface area (Å²) in [5.41, 5.74) is 0. The second-order valence-corrected chi connectivity index (χ2v) is 30.3. The van der Waals surface area contributed by atoms with Gasteiger partial charge < -0.3 is 24.7 Å². The van der Waals surface area contributed by atoms with E-state index >= 15 is 0 Å². The first-order valence-electron chi connectivity index (χ1n) is 13.7. The van der Waals surface area contributed by atoms with Crippen molar-refractivity contribution < 1.29 is 24.7 Å². The molecule has 0 aromatic heterocycles. The van der Waals surface area contributed by atoms with Crippen molar-refractivity contribution in [3.05, 3.63) is 50.6 Å². The summed E-state index contributed by atoms with van der Waals surface area (Å²) >= 11 is 0. The predicted octanol–water partition coefficient (Wildman–Crippen LogP) is 7.17. The highest BCUT2D eigenvalue weighted by Gasteiger charge is 2.56. The number of hydrogen-bond acceptors (Lipinski definition) is 6. The van der Waals surface area contributed by atoms with Crippen LogP contribution in [0.3, 0.4) is 0 Å². The van der Waals surface area contributed by atoms with Gasteiger partial charge in [0, 0.05) is 24.2 Å². The van der Waals surface area contributed by atoms with Gasteiger partial charge in [0.05, 0.1) is 0 Å². The minimum atomic E-state index is -2.83. The van der Waals surface area contributed by atoms with Gasteiger partial charge in [-0.15, -0.1) is 26.3 Å². The van der Waals surface area contributed by atoms with Crippen LogP contribution in [0.2, 0.25) is 60.4 Å². The van der Waals surface area contributed by atoms with E-state index in [0.29, 0.717) is 24.2 Å². The summed E-state index contributed by atoms with van der Waals surface area (Å²) < 4.78 is 42.6. The van der Waals surface area contributed by atoms with E-state index < -0.39 is 52.8 Å². The Morgan fingerprint density at radius 2 is 0.694 bits per heavy atom.